The Morgan fingerprint density at radius 1 is 1.29 bits per heavy atom. The molecule has 1 aromatic rings. The number of nitrogens with one attached hydrogen (secondary N) is 1. The molecule has 1 aliphatic carbocycles. The smallest absolute Gasteiger partial charge is 0.299 e. The van der Waals surface area contributed by atoms with Crippen molar-refractivity contribution in [3.05, 3.63) is 34.6 Å². The van der Waals surface area contributed by atoms with E-state index in [0.29, 0.717) is 5.56 Å². The van der Waals surface area contributed by atoms with Crippen LogP contribution < -0.4 is 5.32 Å². The molecule has 94 valence electrons. The van der Waals surface area contributed by atoms with Crippen LogP contribution in [0.2, 0.25) is 5.02 Å². The third-order valence-corrected chi connectivity index (χ3v) is 3.20. The molecule has 1 aromatic carbocycles. The van der Waals surface area contributed by atoms with E-state index in [4.69, 9.17) is 11.6 Å². The van der Waals surface area contributed by atoms with Crippen LogP contribution in [-0.4, -0.2) is 11.7 Å². The van der Waals surface area contributed by atoms with E-state index < -0.39 is 17.5 Å². The maximum Gasteiger partial charge on any atom is 0.406 e. The van der Waals surface area contributed by atoms with Crippen molar-refractivity contribution in [1.29, 1.82) is 0 Å². The van der Waals surface area contributed by atoms with Crippen LogP contribution in [0.4, 0.5) is 17.6 Å². The van der Waals surface area contributed by atoms with E-state index in [1.807, 2.05) is 0 Å². The molecule has 1 N–H and O–H groups in total. The highest BCUT2D eigenvalue weighted by Gasteiger charge is 2.62. The van der Waals surface area contributed by atoms with E-state index in [1.54, 1.807) is 0 Å². The second kappa shape index (κ2) is 4.14. The lowest BCUT2D eigenvalue weighted by molar-refractivity contribution is -0.166. The Kier molecular flexibility index (Phi) is 3.08. The molecule has 0 amide bonds. The molecule has 0 spiro atoms. The molecule has 17 heavy (non-hydrogen) atoms. The van der Waals surface area contributed by atoms with Crippen LogP contribution in [0.3, 0.4) is 0 Å². The lowest BCUT2D eigenvalue weighted by Crippen LogP contribution is -2.44. The average molecular weight is 268 g/mol. The number of hydrogen-bond acceptors (Lipinski definition) is 1. The van der Waals surface area contributed by atoms with Crippen molar-refractivity contribution in [2.45, 2.75) is 31.1 Å². The molecule has 2 rings (SSSR count). The van der Waals surface area contributed by atoms with Gasteiger partial charge in [-0.3, -0.25) is 5.32 Å². The van der Waals surface area contributed by atoms with Gasteiger partial charge in [-0.1, -0.05) is 17.7 Å². The molecule has 0 heterocycles. The standard InChI is InChI=1S/C11H10ClF4N/c12-8-5-7(1-2-9(8)13)6-17-10(3-4-10)11(14,15)16/h1-2,5,17H,3-4,6H2. The first kappa shape index (κ1) is 12.6. The third-order valence-electron chi connectivity index (χ3n) is 2.91. The minimum atomic E-state index is -4.24. The second-order valence-corrected chi connectivity index (χ2v) is 4.59. The van der Waals surface area contributed by atoms with Gasteiger partial charge in [-0.2, -0.15) is 13.2 Å². The molecular weight excluding hydrogens is 258 g/mol. The molecule has 0 radical (unpaired) electrons. The highest BCUT2D eigenvalue weighted by molar-refractivity contribution is 6.30. The Morgan fingerprint density at radius 3 is 2.41 bits per heavy atom. The Labute approximate surface area is 101 Å². The molecule has 0 saturated heterocycles. The summed E-state index contributed by atoms with van der Waals surface area (Å²) in [6.45, 7) is 0.0273. The molecule has 0 atom stereocenters. The number of rotatable bonds is 3. The predicted octanol–water partition coefficient (Wildman–Crippen LogP) is 3.66. The van der Waals surface area contributed by atoms with Gasteiger partial charge in [-0.25, -0.2) is 4.39 Å². The second-order valence-electron chi connectivity index (χ2n) is 4.18. The van der Waals surface area contributed by atoms with E-state index >= 15 is 0 Å². The first-order chi connectivity index (χ1) is 7.84. The number of hydrogen-bond donors (Lipinski definition) is 1. The van der Waals surface area contributed by atoms with Gasteiger partial charge in [0.15, 0.2) is 0 Å². The zero-order valence-corrected chi connectivity index (χ0v) is 9.50. The summed E-state index contributed by atoms with van der Waals surface area (Å²) in [5, 5.41) is 2.38. The SMILES string of the molecule is Fc1ccc(CNC2(C(F)(F)F)CC2)cc1Cl. The lowest BCUT2D eigenvalue weighted by atomic mass is 10.2. The van der Waals surface area contributed by atoms with Crippen LogP contribution in [0.25, 0.3) is 0 Å². The highest BCUT2D eigenvalue weighted by atomic mass is 35.5. The molecular formula is C11H10ClF4N. The summed E-state index contributed by atoms with van der Waals surface area (Å²) < 4.78 is 50.6. The summed E-state index contributed by atoms with van der Waals surface area (Å²) in [4.78, 5) is 0. The van der Waals surface area contributed by atoms with Crippen molar-refractivity contribution in [2.24, 2.45) is 0 Å². The average Bonchev–Trinajstić information content (AvgIpc) is 3.00. The van der Waals surface area contributed by atoms with Crippen LogP contribution >= 0.6 is 11.6 Å². The number of halogens is 5. The van der Waals surface area contributed by atoms with Crippen molar-refractivity contribution >= 4 is 11.6 Å². The van der Waals surface area contributed by atoms with Crippen molar-refractivity contribution in [3.8, 4) is 0 Å². The van der Waals surface area contributed by atoms with Gasteiger partial charge in [-0.05, 0) is 30.5 Å². The molecule has 1 saturated carbocycles. The van der Waals surface area contributed by atoms with E-state index in [1.165, 1.54) is 12.1 Å². The summed E-state index contributed by atoms with van der Waals surface area (Å²) in [5.41, 5.74) is -1.22. The minimum absolute atomic E-state index is 0.0273. The van der Waals surface area contributed by atoms with Crippen LogP contribution in [0.5, 0.6) is 0 Å². The van der Waals surface area contributed by atoms with Gasteiger partial charge in [0, 0.05) is 6.54 Å². The molecule has 0 bridgehead atoms. The Morgan fingerprint density at radius 2 is 1.94 bits per heavy atom. The molecule has 6 heteroatoms. The quantitative estimate of drug-likeness (QED) is 0.824. The van der Waals surface area contributed by atoms with Crippen LogP contribution in [0, 0.1) is 5.82 Å². The maximum atomic E-state index is 12.8. The summed E-state index contributed by atoms with van der Waals surface area (Å²) in [6.07, 6.45) is -4.06. The molecule has 0 aromatic heterocycles. The van der Waals surface area contributed by atoms with E-state index in [0.717, 1.165) is 6.07 Å². The van der Waals surface area contributed by atoms with E-state index in [-0.39, 0.29) is 24.4 Å². The van der Waals surface area contributed by atoms with E-state index in [9.17, 15) is 17.6 Å². The highest BCUT2D eigenvalue weighted by Crippen LogP contribution is 2.49. The third kappa shape index (κ3) is 2.55. The normalized spacial score (nSPS) is 18.2. The summed E-state index contributed by atoms with van der Waals surface area (Å²) in [6, 6.07) is 3.89. The van der Waals surface area contributed by atoms with Gasteiger partial charge in [0.05, 0.1) is 5.02 Å². The van der Waals surface area contributed by atoms with Gasteiger partial charge in [0.2, 0.25) is 0 Å². The summed E-state index contributed by atoms with van der Waals surface area (Å²) >= 11 is 5.54. The van der Waals surface area contributed by atoms with Gasteiger partial charge in [0.25, 0.3) is 0 Å². The largest absolute Gasteiger partial charge is 0.406 e. The van der Waals surface area contributed by atoms with Gasteiger partial charge >= 0.3 is 6.18 Å². The number of benzene rings is 1. The Hall–Kier alpha value is -0.810. The zero-order valence-electron chi connectivity index (χ0n) is 8.74. The molecule has 1 fully saturated rings. The fourth-order valence-electron chi connectivity index (χ4n) is 1.61. The van der Waals surface area contributed by atoms with Gasteiger partial charge in [0.1, 0.15) is 11.4 Å². The van der Waals surface area contributed by atoms with Crippen LogP contribution in [-0.2, 0) is 6.54 Å². The maximum absolute atomic E-state index is 12.8. The van der Waals surface area contributed by atoms with Crippen molar-refractivity contribution in [1.82, 2.24) is 5.32 Å². The number of alkyl halides is 3. The predicted molar refractivity (Wildman–Crippen MR) is 56.3 cm³/mol. The summed E-state index contributed by atoms with van der Waals surface area (Å²) in [5.74, 6) is -0.577. The Bertz CT molecular complexity index is 426. The fraction of sp³-hybridized carbons (Fsp3) is 0.455. The van der Waals surface area contributed by atoms with Crippen LogP contribution in [0.15, 0.2) is 18.2 Å². The lowest BCUT2D eigenvalue weighted by Gasteiger charge is -2.20. The molecule has 1 nitrogen and oxygen atoms in total. The molecule has 0 unspecified atom stereocenters. The first-order valence-electron chi connectivity index (χ1n) is 5.10. The first-order valence-corrected chi connectivity index (χ1v) is 5.48. The zero-order chi connectivity index (χ0) is 12.7. The fourth-order valence-corrected chi connectivity index (χ4v) is 1.81. The van der Waals surface area contributed by atoms with Crippen molar-refractivity contribution in [2.75, 3.05) is 0 Å². The summed E-state index contributed by atoms with van der Waals surface area (Å²) in [7, 11) is 0. The minimum Gasteiger partial charge on any atom is -0.299 e. The van der Waals surface area contributed by atoms with Gasteiger partial charge < -0.3 is 0 Å². The van der Waals surface area contributed by atoms with Gasteiger partial charge in [-0.15, -0.1) is 0 Å². The van der Waals surface area contributed by atoms with Crippen molar-refractivity contribution < 1.29 is 17.6 Å². The van der Waals surface area contributed by atoms with Crippen molar-refractivity contribution in [3.63, 3.8) is 0 Å². The topological polar surface area (TPSA) is 12.0 Å². The Balaban J connectivity index is 2.01. The van der Waals surface area contributed by atoms with E-state index in [2.05, 4.69) is 5.32 Å². The van der Waals surface area contributed by atoms with Crippen LogP contribution in [0.1, 0.15) is 18.4 Å². The molecule has 0 aliphatic heterocycles. The molecule has 1 aliphatic rings. The monoisotopic (exact) mass is 267 g/mol.